The molecule has 9 heteroatoms. The number of carbonyl (C=O) groups is 2. The Balaban J connectivity index is 1.61. The smallest absolute Gasteiger partial charge is 0.246 e. The quantitative estimate of drug-likeness (QED) is 0.545. The van der Waals surface area contributed by atoms with Crippen LogP contribution in [-0.4, -0.2) is 55.0 Å². The third kappa shape index (κ3) is 5.46. The fourth-order valence-electron chi connectivity index (χ4n) is 4.66. The number of nitrogens with zero attached hydrogens (tertiary/aromatic N) is 4. The minimum absolute atomic E-state index is 0.202. The van der Waals surface area contributed by atoms with Crippen LogP contribution in [0.25, 0.3) is 10.4 Å². The molecule has 0 aliphatic carbocycles. The van der Waals surface area contributed by atoms with Crippen LogP contribution in [0, 0.1) is 12.3 Å². The second-order valence-corrected chi connectivity index (χ2v) is 11.1. The Morgan fingerprint density at radius 3 is 2.71 bits per heavy atom. The number of carbonyl (C=O) groups excluding carboxylic acids is 2. The Morgan fingerprint density at radius 1 is 1.29 bits per heavy atom. The summed E-state index contributed by atoms with van der Waals surface area (Å²) >= 11 is 1.62. The number of benzene rings is 1. The first-order valence-corrected chi connectivity index (χ1v) is 12.7. The zero-order chi connectivity index (χ0) is 25.3. The molecule has 2 aromatic heterocycles. The van der Waals surface area contributed by atoms with E-state index in [9.17, 15) is 14.7 Å². The third-order valence-corrected chi connectivity index (χ3v) is 7.33. The number of β-amino-alcohol motifs (C(OH)–C–C–N with tert-alkyl or cyclic N) is 1. The fourth-order valence-corrected chi connectivity index (χ4v) is 5.46. The minimum atomic E-state index is -0.699. The standard InChI is InChI=1S/C26H33N5O3S/c1-16-22(35-15-28-16)19-8-6-7-18(11-19)13-30-10-9-27-24(30)21-12-20(33)14-31(21)25(34)23(26(3,4)5)29-17(2)32/h6-11,15,20-21,23,33H,12-14H2,1-5H3,(H,29,32)/t20-,21+,23-/m1/s1. The van der Waals surface area contributed by atoms with Crippen molar-refractivity contribution in [2.75, 3.05) is 6.54 Å². The molecule has 2 amide bonds. The minimum Gasteiger partial charge on any atom is -0.391 e. The molecule has 0 saturated carbocycles. The van der Waals surface area contributed by atoms with Gasteiger partial charge in [0.2, 0.25) is 11.8 Å². The highest BCUT2D eigenvalue weighted by Gasteiger charge is 2.43. The van der Waals surface area contributed by atoms with Crippen LogP contribution >= 0.6 is 11.3 Å². The molecule has 1 aromatic carbocycles. The van der Waals surface area contributed by atoms with Crippen LogP contribution in [-0.2, 0) is 16.1 Å². The van der Waals surface area contributed by atoms with Gasteiger partial charge in [0.1, 0.15) is 11.9 Å². The van der Waals surface area contributed by atoms with Crippen molar-refractivity contribution in [3.8, 4) is 10.4 Å². The van der Waals surface area contributed by atoms with Gasteiger partial charge in [-0.1, -0.05) is 39.0 Å². The largest absolute Gasteiger partial charge is 0.391 e. The molecule has 3 heterocycles. The van der Waals surface area contributed by atoms with Crippen LogP contribution in [0.15, 0.2) is 42.2 Å². The first kappa shape index (κ1) is 25.1. The molecule has 1 fully saturated rings. The molecular weight excluding hydrogens is 462 g/mol. The number of nitrogens with one attached hydrogen (secondary N) is 1. The fraction of sp³-hybridized carbons (Fsp3) is 0.462. The lowest BCUT2D eigenvalue weighted by Gasteiger charge is -2.35. The van der Waals surface area contributed by atoms with Gasteiger partial charge in [-0.25, -0.2) is 9.97 Å². The molecule has 186 valence electrons. The second-order valence-electron chi connectivity index (χ2n) is 10.3. The summed E-state index contributed by atoms with van der Waals surface area (Å²) in [6.07, 6.45) is 3.39. The van der Waals surface area contributed by atoms with Gasteiger partial charge in [0, 0.05) is 38.8 Å². The number of rotatable bonds is 6. The highest BCUT2D eigenvalue weighted by molar-refractivity contribution is 7.13. The van der Waals surface area contributed by atoms with E-state index in [2.05, 4.69) is 33.5 Å². The van der Waals surface area contributed by atoms with E-state index in [1.807, 2.05) is 50.0 Å². The Labute approximate surface area is 210 Å². The summed E-state index contributed by atoms with van der Waals surface area (Å²) in [6, 6.07) is 7.28. The molecule has 1 aliphatic rings. The van der Waals surface area contributed by atoms with Crippen LogP contribution in [0.3, 0.4) is 0 Å². The van der Waals surface area contributed by atoms with Crippen molar-refractivity contribution >= 4 is 23.2 Å². The maximum atomic E-state index is 13.6. The number of thiazole rings is 1. The van der Waals surface area contributed by atoms with E-state index in [-0.39, 0.29) is 24.4 Å². The van der Waals surface area contributed by atoms with E-state index < -0.39 is 17.6 Å². The normalized spacial score (nSPS) is 19.1. The Morgan fingerprint density at radius 2 is 2.06 bits per heavy atom. The van der Waals surface area contributed by atoms with Crippen LogP contribution in [0.4, 0.5) is 0 Å². The number of aliphatic hydroxyl groups is 1. The number of aryl methyl sites for hydroxylation is 1. The molecule has 0 spiro atoms. The zero-order valence-electron chi connectivity index (χ0n) is 20.9. The zero-order valence-corrected chi connectivity index (χ0v) is 21.7. The lowest BCUT2D eigenvalue weighted by atomic mass is 9.85. The van der Waals surface area contributed by atoms with Crippen molar-refractivity contribution in [2.24, 2.45) is 5.41 Å². The van der Waals surface area contributed by atoms with Crippen molar-refractivity contribution in [3.05, 3.63) is 59.3 Å². The maximum Gasteiger partial charge on any atom is 0.246 e. The van der Waals surface area contributed by atoms with Crippen molar-refractivity contribution in [3.63, 3.8) is 0 Å². The van der Waals surface area contributed by atoms with Gasteiger partial charge >= 0.3 is 0 Å². The number of imidazole rings is 1. The molecule has 3 atom stereocenters. The average molecular weight is 496 g/mol. The van der Waals surface area contributed by atoms with Crippen LogP contribution in [0.2, 0.25) is 0 Å². The van der Waals surface area contributed by atoms with Crippen molar-refractivity contribution in [1.29, 1.82) is 0 Å². The highest BCUT2D eigenvalue weighted by Crippen LogP contribution is 2.35. The van der Waals surface area contributed by atoms with Gasteiger partial charge in [-0.3, -0.25) is 9.59 Å². The molecule has 3 aromatic rings. The van der Waals surface area contributed by atoms with Crippen LogP contribution < -0.4 is 5.32 Å². The summed E-state index contributed by atoms with van der Waals surface area (Å²) < 4.78 is 2.03. The molecule has 2 N–H and O–H groups in total. The number of likely N-dealkylation sites (tertiary alicyclic amines) is 1. The lowest BCUT2D eigenvalue weighted by Crippen LogP contribution is -2.54. The molecule has 1 saturated heterocycles. The molecule has 4 rings (SSSR count). The Kier molecular flexibility index (Phi) is 7.10. The van der Waals surface area contributed by atoms with Gasteiger partial charge < -0.3 is 19.9 Å². The SMILES string of the molecule is CC(=O)N[C@H](C(=O)N1C[C@H](O)C[C@H]1c1nccn1Cc1cccc(-c2scnc2C)c1)C(C)(C)C. The average Bonchev–Trinajstić information content (AvgIpc) is 3.50. The van der Waals surface area contributed by atoms with Crippen molar-refractivity contribution < 1.29 is 14.7 Å². The predicted molar refractivity (Wildman–Crippen MR) is 136 cm³/mol. The summed E-state index contributed by atoms with van der Waals surface area (Å²) in [6.45, 7) is 9.99. The van der Waals surface area contributed by atoms with Gasteiger partial charge in [0.25, 0.3) is 0 Å². The highest BCUT2D eigenvalue weighted by atomic mass is 32.1. The maximum absolute atomic E-state index is 13.6. The number of aliphatic hydroxyl groups excluding tert-OH is 1. The molecule has 0 unspecified atom stereocenters. The van der Waals surface area contributed by atoms with Crippen molar-refractivity contribution in [2.45, 2.75) is 65.8 Å². The van der Waals surface area contributed by atoms with E-state index in [4.69, 9.17) is 0 Å². The molecule has 35 heavy (non-hydrogen) atoms. The van der Waals surface area contributed by atoms with Crippen molar-refractivity contribution in [1.82, 2.24) is 24.8 Å². The van der Waals surface area contributed by atoms with E-state index in [1.165, 1.54) is 6.92 Å². The molecule has 8 nitrogen and oxygen atoms in total. The van der Waals surface area contributed by atoms with E-state index >= 15 is 0 Å². The van der Waals surface area contributed by atoms with Crippen LogP contribution in [0.5, 0.6) is 0 Å². The molecule has 0 bridgehead atoms. The van der Waals surface area contributed by atoms with E-state index in [0.717, 1.165) is 27.5 Å². The number of aromatic nitrogens is 3. The summed E-state index contributed by atoms with van der Waals surface area (Å²) in [7, 11) is 0. The summed E-state index contributed by atoms with van der Waals surface area (Å²) in [5.41, 5.74) is 4.62. The second kappa shape index (κ2) is 9.91. The number of hydrogen-bond donors (Lipinski definition) is 2. The molecule has 0 radical (unpaired) electrons. The lowest BCUT2D eigenvalue weighted by molar-refractivity contribution is -0.140. The van der Waals surface area contributed by atoms with E-state index in [1.54, 1.807) is 22.4 Å². The number of hydrogen-bond acceptors (Lipinski definition) is 6. The number of amides is 2. The van der Waals surface area contributed by atoms with Gasteiger partial charge in [-0.15, -0.1) is 11.3 Å². The topological polar surface area (TPSA) is 100 Å². The summed E-state index contributed by atoms with van der Waals surface area (Å²) in [5, 5.41) is 13.3. The van der Waals surface area contributed by atoms with Gasteiger partial charge in [-0.05, 0) is 29.5 Å². The predicted octanol–water partition coefficient (Wildman–Crippen LogP) is 3.55. The first-order chi connectivity index (χ1) is 16.5. The van der Waals surface area contributed by atoms with Gasteiger partial charge in [0.05, 0.1) is 28.2 Å². The summed E-state index contributed by atoms with van der Waals surface area (Å²) in [4.78, 5) is 37.2. The van der Waals surface area contributed by atoms with Crippen LogP contribution in [0.1, 0.15) is 57.2 Å². The van der Waals surface area contributed by atoms with Gasteiger partial charge in [0.15, 0.2) is 0 Å². The molecule has 1 aliphatic heterocycles. The third-order valence-electron chi connectivity index (χ3n) is 6.36. The van der Waals surface area contributed by atoms with E-state index in [0.29, 0.717) is 13.0 Å². The Hall–Kier alpha value is -3.04. The summed E-state index contributed by atoms with van der Waals surface area (Å²) in [5.74, 6) is 0.267. The van der Waals surface area contributed by atoms with Gasteiger partial charge in [-0.2, -0.15) is 0 Å². The monoisotopic (exact) mass is 495 g/mol. The molecular formula is C26H33N5O3S. The Bertz CT molecular complexity index is 1210. The first-order valence-electron chi connectivity index (χ1n) is 11.8.